The Bertz CT molecular complexity index is 1030. The third-order valence-corrected chi connectivity index (χ3v) is 4.48. The number of halogens is 4. The number of nitrogens with one attached hydrogen (secondary N) is 1. The monoisotopic (exact) mass is 393 g/mol. The molecule has 0 unspecified atom stereocenters. The van der Waals surface area contributed by atoms with Gasteiger partial charge >= 0.3 is 6.18 Å². The van der Waals surface area contributed by atoms with Gasteiger partial charge in [-0.1, -0.05) is 12.1 Å². The maximum atomic E-state index is 14.5. The van der Waals surface area contributed by atoms with Gasteiger partial charge in [-0.2, -0.15) is 13.2 Å². The van der Waals surface area contributed by atoms with Crippen LogP contribution in [0.3, 0.4) is 0 Å². The normalized spacial score (nSPS) is 12.9. The smallest absolute Gasteiger partial charge is 0.419 e. The highest BCUT2D eigenvalue weighted by Gasteiger charge is 2.35. The minimum absolute atomic E-state index is 0.0988. The number of methoxy groups -OCH3 is 1. The molecule has 148 valence electrons. The van der Waals surface area contributed by atoms with Gasteiger partial charge in [-0.3, -0.25) is 0 Å². The molecule has 8 heteroatoms. The molecule has 0 saturated heterocycles. The Morgan fingerprint density at radius 1 is 1.11 bits per heavy atom. The Hall–Kier alpha value is -2.90. The summed E-state index contributed by atoms with van der Waals surface area (Å²) in [5.41, 5.74) is 0.152. The fourth-order valence-corrected chi connectivity index (χ4v) is 3.09. The first-order chi connectivity index (χ1) is 13.1. The van der Waals surface area contributed by atoms with E-state index >= 15 is 0 Å². The summed E-state index contributed by atoms with van der Waals surface area (Å²) in [5.74, 6) is 0.209. The van der Waals surface area contributed by atoms with Crippen LogP contribution in [-0.2, 0) is 6.18 Å². The number of nitrogens with zero attached hydrogens (tertiary/aromatic N) is 2. The summed E-state index contributed by atoms with van der Waals surface area (Å²) in [6.07, 6.45) is -4.76. The van der Waals surface area contributed by atoms with Crippen molar-refractivity contribution in [2.45, 2.75) is 33.0 Å². The minimum Gasteiger partial charge on any atom is -0.496 e. The van der Waals surface area contributed by atoms with E-state index in [-0.39, 0.29) is 5.56 Å². The highest BCUT2D eigenvalue weighted by molar-refractivity contribution is 5.91. The van der Waals surface area contributed by atoms with Crippen molar-refractivity contribution in [1.29, 1.82) is 0 Å². The van der Waals surface area contributed by atoms with Gasteiger partial charge in [-0.25, -0.2) is 14.4 Å². The van der Waals surface area contributed by atoms with Crippen molar-refractivity contribution >= 4 is 16.7 Å². The standard InChI is InChI=1S/C20H19F4N3O/c1-10-8-16-14(9-17(10)28-4)19(27-12(3)26-16)25-11(2)13-6-5-7-15(18(13)21)20(22,23)24/h5-9,11H,1-4H3,(H,25,26,27)/t11-/m1/s1. The summed E-state index contributed by atoms with van der Waals surface area (Å²) in [6.45, 7) is 5.16. The number of fused-ring (bicyclic) bond motifs is 1. The molecule has 0 radical (unpaired) electrons. The van der Waals surface area contributed by atoms with Crippen molar-refractivity contribution in [1.82, 2.24) is 9.97 Å². The molecule has 3 rings (SSSR count). The third-order valence-electron chi connectivity index (χ3n) is 4.48. The lowest BCUT2D eigenvalue weighted by molar-refractivity contribution is -0.140. The van der Waals surface area contributed by atoms with Crippen LogP contribution in [0.25, 0.3) is 10.9 Å². The summed E-state index contributed by atoms with van der Waals surface area (Å²) in [4.78, 5) is 8.74. The van der Waals surface area contributed by atoms with E-state index < -0.39 is 23.6 Å². The molecule has 0 bridgehead atoms. The number of aromatic nitrogens is 2. The van der Waals surface area contributed by atoms with Crippen molar-refractivity contribution < 1.29 is 22.3 Å². The van der Waals surface area contributed by atoms with Crippen LogP contribution in [-0.4, -0.2) is 17.1 Å². The summed E-state index contributed by atoms with van der Waals surface area (Å²) >= 11 is 0. The van der Waals surface area contributed by atoms with E-state index in [9.17, 15) is 17.6 Å². The van der Waals surface area contributed by atoms with E-state index in [2.05, 4.69) is 15.3 Å². The second-order valence-corrected chi connectivity index (χ2v) is 6.53. The third kappa shape index (κ3) is 3.72. The number of hydrogen-bond donors (Lipinski definition) is 1. The molecule has 1 aromatic heterocycles. The van der Waals surface area contributed by atoms with E-state index in [4.69, 9.17) is 4.74 Å². The van der Waals surface area contributed by atoms with Gasteiger partial charge in [0.05, 0.1) is 24.2 Å². The van der Waals surface area contributed by atoms with Crippen molar-refractivity contribution in [3.05, 3.63) is 58.7 Å². The molecular formula is C20H19F4N3O. The largest absolute Gasteiger partial charge is 0.496 e. The lowest BCUT2D eigenvalue weighted by Gasteiger charge is -2.19. The first-order valence-corrected chi connectivity index (χ1v) is 8.57. The van der Waals surface area contributed by atoms with E-state index in [1.165, 1.54) is 19.2 Å². The van der Waals surface area contributed by atoms with Crippen molar-refractivity contribution in [3.8, 4) is 5.75 Å². The van der Waals surface area contributed by atoms with Crippen LogP contribution in [0.2, 0.25) is 0 Å². The van der Waals surface area contributed by atoms with Crippen molar-refractivity contribution in [2.24, 2.45) is 0 Å². The zero-order valence-corrected chi connectivity index (χ0v) is 15.8. The van der Waals surface area contributed by atoms with E-state index in [0.717, 1.165) is 11.6 Å². The SMILES string of the molecule is COc1cc2c(N[C@H](C)c3cccc(C(F)(F)F)c3F)nc(C)nc2cc1C. The Kier molecular flexibility index (Phi) is 5.14. The second kappa shape index (κ2) is 7.26. The Morgan fingerprint density at radius 2 is 1.82 bits per heavy atom. The van der Waals surface area contributed by atoms with Gasteiger partial charge in [0.2, 0.25) is 0 Å². The lowest BCUT2D eigenvalue weighted by atomic mass is 10.0. The summed E-state index contributed by atoms with van der Waals surface area (Å²) in [5, 5.41) is 3.65. The molecule has 0 fully saturated rings. The zero-order chi connectivity index (χ0) is 20.6. The van der Waals surface area contributed by atoms with Gasteiger partial charge in [-0.05, 0) is 44.5 Å². The molecule has 1 heterocycles. The van der Waals surface area contributed by atoms with Crippen LogP contribution >= 0.6 is 0 Å². The maximum Gasteiger partial charge on any atom is 0.419 e. The fourth-order valence-electron chi connectivity index (χ4n) is 3.09. The van der Waals surface area contributed by atoms with Crippen LogP contribution in [0.15, 0.2) is 30.3 Å². The molecule has 3 aromatic rings. The Labute approximate surface area is 159 Å². The van der Waals surface area contributed by atoms with Crippen LogP contribution in [0.4, 0.5) is 23.4 Å². The van der Waals surface area contributed by atoms with Gasteiger partial charge in [0.1, 0.15) is 23.2 Å². The van der Waals surface area contributed by atoms with E-state index in [1.807, 2.05) is 13.0 Å². The predicted molar refractivity (Wildman–Crippen MR) is 99.0 cm³/mol. The quantitative estimate of drug-likeness (QED) is 0.588. The van der Waals surface area contributed by atoms with Crippen LogP contribution in [0.1, 0.15) is 35.5 Å². The van der Waals surface area contributed by atoms with Gasteiger partial charge < -0.3 is 10.1 Å². The first kappa shape index (κ1) is 19.9. The highest BCUT2D eigenvalue weighted by atomic mass is 19.4. The number of anilines is 1. The summed E-state index contributed by atoms with van der Waals surface area (Å²) in [6, 6.07) is 6.07. The average molecular weight is 393 g/mol. The molecule has 4 nitrogen and oxygen atoms in total. The van der Waals surface area contributed by atoms with Crippen molar-refractivity contribution in [3.63, 3.8) is 0 Å². The number of benzene rings is 2. The molecule has 0 aliphatic heterocycles. The number of alkyl halides is 3. The molecule has 1 N–H and O–H groups in total. The Balaban J connectivity index is 2.06. The minimum atomic E-state index is -4.76. The molecule has 0 aliphatic rings. The molecule has 1 atom stereocenters. The number of ether oxygens (including phenoxy) is 1. The van der Waals surface area contributed by atoms with Gasteiger partial charge in [0, 0.05) is 10.9 Å². The number of aryl methyl sites for hydroxylation is 2. The molecule has 0 aliphatic carbocycles. The summed E-state index contributed by atoms with van der Waals surface area (Å²) < 4.78 is 58.8. The molecular weight excluding hydrogens is 374 g/mol. The van der Waals surface area contributed by atoms with Gasteiger partial charge in [0.15, 0.2) is 0 Å². The van der Waals surface area contributed by atoms with Gasteiger partial charge in [-0.15, -0.1) is 0 Å². The fraction of sp³-hybridized carbons (Fsp3) is 0.300. The molecule has 0 saturated carbocycles. The first-order valence-electron chi connectivity index (χ1n) is 8.57. The van der Waals surface area contributed by atoms with Crippen molar-refractivity contribution in [2.75, 3.05) is 12.4 Å². The maximum absolute atomic E-state index is 14.5. The van der Waals surface area contributed by atoms with E-state index in [0.29, 0.717) is 28.3 Å². The molecule has 2 aromatic carbocycles. The summed E-state index contributed by atoms with van der Waals surface area (Å²) in [7, 11) is 1.54. The lowest BCUT2D eigenvalue weighted by Crippen LogP contribution is -2.15. The molecule has 0 spiro atoms. The number of hydrogen-bond acceptors (Lipinski definition) is 4. The van der Waals surface area contributed by atoms with Crippen LogP contribution in [0, 0.1) is 19.7 Å². The van der Waals surface area contributed by atoms with Gasteiger partial charge in [0.25, 0.3) is 0 Å². The number of rotatable bonds is 4. The Morgan fingerprint density at radius 3 is 2.46 bits per heavy atom. The molecule has 28 heavy (non-hydrogen) atoms. The average Bonchev–Trinajstić information content (AvgIpc) is 2.60. The zero-order valence-electron chi connectivity index (χ0n) is 15.8. The molecule has 0 amide bonds. The highest BCUT2D eigenvalue weighted by Crippen LogP contribution is 2.35. The van der Waals surface area contributed by atoms with Crippen LogP contribution in [0.5, 0.6) is 5.75 Å². The topological polar surface area (TPSA) is 47.0 Å². The van der Waals surface area contributed by atoms with E-state index in [1.54, 1.807) is 19.9 Å². The van der Waals surface area contributed by atoms with Crippen LogP contribution < -0.4 is 10.1 Å². The second-order valence-electron chi connectivity index (χ2n) is 6.53. The predicted octanol–water partition coefficient (Wildman–Crippen LogP) is 5.59.